The third-order valence-corrected chi connectivity index (χ3v) is 4.95. The largest absolute Gasteiger partial charge is 0.473 e. The third-order valence-electron chi connectivity index (χ3n) is 3.60. The summed E-state index contributed by atoms with van der Waals surface area (Å²) in [5, 5.41) is 14.1. The first kappa shape index (κ1) is 21.8. The number of hydrogen-bond acceptors (Lipinski definition) is 5. The Kier molecular flexibility index (Phi) is 7.76. The molecule has 2 aromatic carbocycles. The third kappa shape index (κ3) is 7.56. The topological polar surface area (TPSA) is 87.7 Å². The lowest BCUT2D eigenvalue weighted by atomic mass is 10.1. The van der Waals surface area contributed by atoms with Gasteiger partial charge >= 0.3 is 0 Å². The second-order valence-corrected chi connectivity index (χ2v) is 8.69. The Morgan fingerprint density at radius 2 is 1.78 bits per heavy atom. The van der Waals surface area contributed by atoms with Crippen LogP contribution in [0.25, 0.3) is 0 Å². The molecule has 0 fully saturated rings. The number of benzene rings is 2. The van der Waals surface area contributed by atoms with E-state index in [0.29, 0.717) is 34.4 Å². The Bertz CT molecular complexity index is 858. The standard InChI is InChI=1S/C18H22Cl2N2O4S/c1-12(23)18(21-10-9-13-3-8-16(19)17(20)11-13)26-15-6-4-14(5-7-15)22-27(2,24)25/h3-8,11-12,18,21-23H,9-10H2,1-2H3. The van der Waals surface area contributed by atoms with Crippen LogP contribution in [0.2, 0.25) is 10.0 Å². The number of rotatable bonds is 9. The number of hydrogen-bond donors (Lipinski definition) is 3. The van der Waals surface area contributed by atoms with Crippen molar-refractivity contribution in [3.05, 3.63) is 58.1 Å². The van der Waals surface area contributed by atoms with Crippen LogP contribution in [0.4, 0.5) is 5.69 Å². The predicted octanol–water partition coefficient (Wildman–Crippen LogP) is 3.28. The Balaban J connectivity index is 1.92. The minimum absolute atomic E-state index is 0.436. The van der Waals surface area contributed by atoms with Crippen LogP contribution in [0.1, 0.15) is 12.5 Å². The van der Waals surface area contributed by atoms with Crippen molar-refractivity contribution in [3.8, 4) is 5.75 Å². The quantitative estimate of drug-likeness (QED) is 0.529. The van der Waals surface area contributed by atoms with E-state index in [9.17, 15) is 13.5 Å². The van der Waals surface area contributed by atoms with Gasteiger partial charge in [0.05, 0.1) is 16.3 Å². The highest BCUT2D eigenvalue weighted by Crippen LogP contribution is 2.23. The van der Waals surface area contributed by atoms with E-state index in [2.05, 4.69) is 10.0 Å². The highest BCUT2D eigenvalue weighted by atomic mass is 35.5. The average Bonchev–Trinajstić information content (AvgIpc) is 2.57. The number of halogens is 2. The zero-order valence-corrected chi connectivity index (χ0v) is 17.3. The molecular formula is C18H22Cl2N2O4S. The van der Waals surface area contributed by atoms with Crippen molar-refractivity contribution in [2.45, 2.75) is 25.7 Å². The average molecular weight is 433 g/mol. The van der Waals surface area contributed by atoms with E-state index in [0.717, 1.165) is 11.8 Å². The van der Waals surface area contributed by atoms with Crippen LogP contribution in [-0.2, 0) is 16.4 Å². The lowest BCUT2D eigenvalue weighted by Gasteiger charge is -2.23. The first-order valence-electron chi connectivity index (χ1n) is 8.24. The fourth-order valence-corrected chi connectivity index (χ4v) is 3.21. The molecule has 2 atom stereocenters. The fraction of sp³-hybridized carbons (Fsp3) is 0.333. The highest BCUT2D eigenvalue weighted by Gasteiger charge is 2.16. The van der Waals surface area contributed by atoms with Gasteiger partial charge in [0.2, 0.25) is 10.0 Å². The Morgan fingerprint density at radius 1 is 1.11 bits per heavy atom. The molecule has 0 saturated carbocycles. The zero-order valence-electron chi connectivity index (χ0n) is 14.9. The molecular weight excluding hydrogens is 411 g/mol. The Labute approximate surface area is 169 Å². The maximum Gasteiger partial charge on any atom is 0.229 e. The molecule has 6 nitrogen and oxygen atoms in total. The summed E-state index contributed by atoms with van der Waals surface area (Å²) in [5.41, 5.74) is 1.45. The number of aliphatic hydroxyl groups excluding tert-OH is 1. The fourth-order valence-electron chi connectivity index (χ4n) is 2.33. The van der Waals surface area contributed by atoms with Crippen LogP contribution in [-0.4, -0.2) is 38.7 Å². The van der Waals surface area contributed by atoms with Gasteiger partial charge in [0.25, 0.3) is 0 Å². The summed E-state index contributed by atoms with van der Waals surface area (Å²) in [6.07, 6.45) is 0.383. The van der Waals surface area contributed by atoms with Crippen molar-refractivity contribution >= 4 is 38.9 Å². The molecule has 0 saturated heterocycles. The van der Waals surface area contributed by atoms with Gasteiger partial charge in [-0.05, 0) is 55.3 Å². The van der Waals surface area contributed by atoms with Gasteiger partial charge in [-0.3, -0.25) is 10.0 Å². The van der Waals surface area contributed by atoms with Crippen molar-refractivity contribution in [1.82, 2.24) is 5.32 Å². The van der Waals surface area contributed by atoms with Crippen LogP contribution in [0.5, 0.6) is 5.75 Å². The zero-order chi connectivity index (χ0) is 20.0. The summed E-state index contributed by atoms with van der Waals surface area (Å²) in [5.74, 6) is 0.502. The molecule has 3 N–H and O–H groups in total. The van der Waals surface area contributed by atoms with Gasteiger partial charge in [-0.15, -0.1) is 0 Å². The smallest absolute Gasteiger partial charge is 0.229 e. The summed E-state index contributed by atoms with van der Waals surface area (Å²) in [4.78, 5) is 0. The van der Waals surface area contributed by atoms with E-state index in [4.69, 9.17) is 27.9 Å². The van der Waals surface area contributed by atoms with Crippen molar-refractivity contribution in [2.24, 2.45) is 0 Å². The number of sulfonamides is 1. The highest BCUT2D eigenvalue weighted by molar-refractivity contribution is 7.92. The molecule has 0 radical (unpaired) electrons. The van der Waals surface area contributed by atoms with Gasteiger partial charge in [-0.25, -0.2) is 8.42 Å². The molecule has 148 valence electrons. The van der Waals surface area contributed by atoms with Crippen LogP contribution in [0.3, 0.4) is 0 Å². The Hall–Kier alpha value is -1.51. The molecule has 2 aromatic rings. The molecule has 0 amide bonds. The van der Waals surface area contributed by atoms with Gasteiger partial charge in [-0.2, -0.15) is 0 Å². The molecule has 0 aliphatic carbocycles. The van der Waals surface area contributed by atoms with Gasteiger partial charge in [0.1, 0.15) is 11.9 Å². The number of anilines is 1. The number of nitrogens with one attached hydrogen (secondary N) is 2. The van der Waals surface area contributed by atoms with Crippen molar-refractivity contribution < 1.29 is 18.3 Å². The van der Waals surface area contributed by atoms with Gasteiger partial charge < -0.3 is 9.84 Å². The van der Waals surface area contributed by atoms with E-state index >= 15 is 0 Å². The molecule has 0 bridgehead atoms. The van der Waals surface area contributed by atoms with Crippen LogP contribution >= 0.6 is 23.2 Å². The van der Waals surface area contributed by atoms with Crippen LogP contribution in [0.15, 0.2) is 42.5 Å². The number of ether oxygens (including phenoxy) is 1. The van der Waals surface area contributed by atoms with Gasteiger partial charge in [0, 0.05) is 12.2 Å². The minimum Gasteiger partial charge on any atom is -0.473 e. The maximum absolute atomic E-state index is 11.2. The molecule has 2 rings (SSSR count). The summed E-state index contributed by atoms with van der Waals surface area (Å²) >= 11 is 11.9. The van der Waals surface area contributed by atoms with E-state index in [-0.39, 0.29) is 0 Å². The van der Waals surface area contributed by atoms with Crippen molar-refractivity contribution in [3.63, 3.8) is 0 Å². The predicted molar refractivity (Wildman–Crippen MR) is 109 cm³/mol. The summed E-state index contributed by atoms with van der Waals surface area (Å²) in [6, 6.07) is 11.9. The second-order valence-electron chi connectivity index (χ2n) is 6.13. The molecule has 27 heavy (non-hydrogen) atoms. The normalized spacial score (nSPS) is 13.8. The molecule has 0 heterocycles. The van der Waals surface area contributed by atoms with Gasteiger partial charge in [-0.1, -0.05) is 29.3 Å². The van der Waals surface area contributed by atoms with E-state index < -0.39 is 22.4 Å². The molecule has 2 unspecified atom stereocenters. The lowest BCUT2D eigenvalue weighted by molar-refractivity contribution is 0.0274. The number of aliphatic hydroxyl groups is 1. The first-order chi connectivity index (χ1) is 12.6. The SMILES string of the molecule is CC(O)C(NCCc1ccc(Cl)c(Cl)c1)Oc1ccc(NS(C)(=O)=O)cc1. The Morgan fingerprint density at radius 3 is 2.33 bits per heavy atom. The second kappa shape index (κ2) is 9.61. The first-order valence-corrected chi connectivity index (χ1v) is 10.9. The summed E-state index contributed by atoms with van der Waals surface area (Å²) in [7, 11) is -3.33. The summed E-state index contributed by atoms with van der Waals surface area (Å²) in [6.45, 7) is 2.18. The monoisotopic (exact) mass is 432 g/mol. The van der Waals surface area contributed by atoms with Crippen LogP contribution < -0.4 is 14.8 Å². The molecule has 0 aromatic heterocycles. The summed E-state index contributed by atoms with van der Waals surface area (Å²) < 4.78 is 30.6. The molecule has 0 spiro atoms. The van der Waals surface area contributed by atoms with Crippen molar-refractivity contribution in [1.29, 1.82) is 0 Å². The maximum atomic E-state index is 11.2. The van der Waals surface area contributed by atoms with E-state index in [1.54, 1.807) is 43.3 Å². The van der Waals surface area contributed by atoms with Crippen molar-refractivity contribution in [2.75, 3.05) is 17.5 Å². The van der Waals surface area contributed by atoms with Gasteiger partial charge in [0.15, 0.2) is 6.23 Å². The van der Waals surface area contributed by atoms with E-state index in [1.807, 2.05) is 6.07 Å². The molecule has 9 heteroatoms. The lowest BCUT2D eigenvalue weighted by Crippen LogP contribution is -2.43. The minimum atomic E-state index is -3.33. The van der Waals surface area contributed by atoms with Crippen LogP contribution in [0, 0.1) is 0 Å². The van der Waals surface area contributed by atoms with E-state index in [1.165, 1.54) is 0 Å². The molecule has 0 aliphatic rings. The molecule has 0 aliphatic heterocycles.